The molecule has 1 N–H and O–H groups in total. The number of carbonyl (C=O) groups excluding carboxylic acids is 1. The van der Waals surface area contributed by atoms with Gasteiger partial charge in [-0.2, -0.15) is 0 Å². The highest BCUT2D eigenvalue weighted by molar-refractivity contribution is 6.32. The second-order valence-corrected chi connectivity index (χ2v) is 4.65. The molecule has 0 aliphatic carbocycles. The zero-order chi connectivity index (χ0) is 13.7. The third-order valence-corrected chi connectivity index (χ3v) is 2.89. The number of methoxy groups -OCH3 is 2. The molecule has 0 aromatic heterocycles. The Hall–Kier alpha value is -1.42. The Balaban J connectivity index is 2.87. The van der Waals surface area contributed by atoms with Crippen LogP contribution in [-0.2, 0) is 9.53 Å². The summed E-state index contributed by atoms with van der Waals surface area (Å²) < 4.78 is 9.83. The summed E-state index contributed by atoms with van der Waals surface area (Å²) in [6.07, 6.45) is 0. The maximum Gasteiger partial charge on any atom is 0.328 e. The molecule has 1 aromatic rings. The molecule has 0 aliphatic rings. The van der Waals surface area contributed by atoms with E-state index in [0.717, 1.165) is 5.69 Å². The fraction of sp³-hybridized carbons (Fsp3) is 0.462. The Kier molecular flexibility index (Phi) is 5.28. The number of carbonyl (C=O) groups is 1. The van der Waals surface area contributed by atoms with Crippen molar-refractivity contribution in [2.45, 2.75) is 19.9 Å². The quantitative estimate of drug-likeness (QED) is 0.837. The normalized spacial score (nSPS) is 12.1. The third-order valence-electron chi connectivity index (χ3n) is 2.60. The number of hydrogen-bond donors (Lipinski definition) is 1. The number of hydrogen-bond acceptors (Lipinski definition) is 4. The van der Waals surface area contributed by atoms with E-state index in [1.165, 1.54) is 7.11 Å². The van der Waals surface area contributed by atoms with Crippen molar-refractivity contribution in [1.82, 2.24) is 0 Å². The van der Waals surface area contributed by atoms with Crippen molar-refractivity contribution in [1.29, 1.82) is 0 Å². The first-order chi connectivity index (χ1) is 8.49. The molecule has 0 saturated heterocycles. The van der Waals surface area contributed by atoms with E-state index in [-0.39, 0.29) is 11.9 Å². The van der Waals surface area contributed by atoms with Crippen LogP contribution in [0.3, 0.4) is 0 Å². The minimum atomic E-state index is -0.403. The molecule has 1 unspecified atom stereocenters. The van der Waals surface area contributed by atoms with E-state index in [1.807, 2.05) is 19.9 Å². The highest BCUT2D eigenvalue weighted by Gasteiger charge is 2.22. The van der Waals surface area contributed by atoms with Gasteiger partial charge in [0.05, 0.1) is 19.2 Å². The molecule has 0 fully saturated rings. The van der Waals surface area contributed by atoms with Crippen LogP contribution in [0.5, 0.6) is 5.75 Å². The van der Waals surface area contributed by atoms with Crippen LogP contribution in [0.1, 0.15) is 13.8 Å². The zero-order valence-corrected chi connectivity index (χ0v) is 11.7. The first-order valence-electron chi connectivity index (χ1n) is 5.67. The van der Waals surface area contributed by atoms with Crippen LogP contribution in [0.4, 0.5) is 5.69 Å². The number of rotatable bonds is 5. The fourth-order valence-corrected chi connectivity index (χ4v) is 1.82. The minimum absolute atomic E-state index is 0.110. The largest absolute Gasteiger partial charge is 0.495 e. The summed E-state index contributed by atoms with van der Waals surface area (Å²) in [5.41, 5.74) is 0.755. The van der Waals surface area contributed by atoms with Crippen molar-refractivity contribution in [2.75, 3.05) is 19.5 Å². The van der Waals surface area contributed by atoms with E-state index in [1.54, 1.807) is 19.2 Å². The molecule has 1 aromatic carbocycles. The standard InChI is InChI=1S/C13H18ClNO3/c1-8(2)12(13(16)18-4)15-9-5-6-11(17-3)10(14)7-9/h5-8,12,15H,1-4H3. The Morgan fingerprint density at radius 1 is 1.33 bits per heavy atom. The summed E-state index contributed by atoms with van der Waals surface area (Å²) in [4.78, 5) is 11.6. The topological polar surface area (TPSA) is 47.6 Å². The van der Waals surface area contributed by atoms with Gasteiger partial charge in [-0.15, -0.1) is 0 Å². The van der Waals surface area contributed by atoms with Crippen LogP contribution in [0, 0.1) is 5.92 Å². The Labute approximate surface area is 112 Å². The summed E-state index contributed by atoms with van der Waals surface area (Å²) in [6.45, 7) is 3.89. The molecule has 0 amide bonds. The molecule has 0 bridgehead atoms. The molecule has 1 atom stereocenters. The van der Waals surface area contributed by atoms with Crippen molar-refractivity contribution in [3.8, 4) is 5.75 Å². The summed E-state index contributed by atoms with van der Waals surface area (Å²) in [5.74, 6) is 0.414. The van der Waals surface area contributed by atoms with Crippen LogP contribution in [-0.4, -0.2) is 26.2 Å². The molecule has 4 nitrogen and oxygen atoms in total. The van der Waals surface area contributed by atoms with Crippen LogP contribution in [0.25, 0.3) is 0 Å². The second-order valence-electron chi connectivity index (χ2n) is 4.24. The lowest BCUT2D eigenvalue weighted by atomic mass is 10.0. The Bertz CT molecular complexity index is 421. The highest BCUT2D eigenvalue weighted by Crippen LogP contribution is 2.28. The number of ether oxygens (including phenoxy) is 2. The van der Waals surface area contributed by atoms with Gasteiger partial charge in [-0.05, 0) is 24.1 Å². The monoisotopic (exact) mass is 271 g/mol. The Morgan fingerprint density at radius 2 is 2.00 bits per heavy atom. The molecule has 1 rings (SSSR count). The summed E-state index contributed by atoms with van der Waals surface area (Å²) in [7, 11) is 2.93. The zero-order valence-electron chi connectivity index (χ0n) is 11.0. The minimum Gasteiger partial charge on any atom is -0.495 e. The van der Waals surface area contributed by atoms with E-state index in [0.29, 0.717) is 10.8 Å². The molecule has 18 heavy (non-hydrogen) atoms. The van der Waals surface area contributed by atoms with Gasteiger partial charge >= 0.3 is 5.97 Å². The summed E-state index contributed by atoms with van der Waals surface area (Å²) in [5, 5.41) is 3.60. The number of benzene rings is 1. The van der Waals surface area contributed by atoms with Crippen molar-refractivity contribution < 1.29 is 14.3 Å². The molecule has 100 valence electrons. The van der Waals surface area contributed by atoms with Gasteiger partial charge < -0.3 is 14.8 Å². The van der Waals surface area contributed by atoms with Gasteiger partial charge in [0, 0.05) is 5.69 Å². The number of nitrogens with one attached hydrogen (secondary N) is 1. The van der Waals surface area contributed by atoms with Crippen molar-refractivity contribution in [3.05, 3.63) is 23.2 Å². The average molecular weight is 272 g/mol. The van der Waals surface area contributed by atoms with E-state index in [9.17, 15) is 4.79 Å². The van der Waals surface area contributed by atoms with Crippen molar-refractivity contribution in [3.63, 3.8) is 0 Å². The number of esters is 1. The smallest absolute Gasteiger partial charge is 0.328 e. The number of halogens is 1. The van der Waals surface area contributed by atoms with Crippen LogP contribution in [0.15, 0.2) is 18.2 Å². The SMILES string of the molecule is COC(=O)C(Nc1ccc(OC)c(Cl)c1)C(C)C. The predicted molar refractivity (Wildman–Crippen MR) is 72.3 cm³/mol. The maximum absolute atomic E-state index is 11.6. The molecule has 0 spiro atoms. The van der Waals surface area contributed by atoms with Gasteiger partial charge in [0.2, 0.25) is 0 Å². The van der Waals surface area contributed by atoms with E-state index >= 15 is 0 Å². The van der Waals surface area contributed by atoms with Gasteiger partial charge in [-0.1, -0.05) is 25.4 Å². The lowest BCUT2D eigenvalue weighted by Gasteiger charge is -2.21. The lowest BCUT2D eigenvalue weighted by Crippen LogP contribution is -2.35. The van der Waals surface area contributed by atoms with Gasteiger partial charge in [-0.25, -0.2) is 4.79 Å². The molecular weight excluding hydrogens is 254 g/mol. The summed E-state index contributed by atoms with van der Waals surface area (Å²) in [6, 6.07) is 4.88. The third kappa shape index (κ3) is 3.53. The first kappa shape index (κ1) is 14.6. The van der Waals surface area contributed by atoms with E-state index in [4.69, 9.17) is 21.1 Å². The van der Waals surface area contributed by atoms with Crippen LogP contribution < -0.4 is 10.1 Å². The maximum atomic E-state index is 11.6. The van der Waals surface area contributed by atoms with E-state index < -0.39 is 6.04 Å². The molecule has 0 heterocycles. The predicted octanol–water partition coefficient (Wildman–Crippen LogP) is 2.96. The molecule has 0 saturated carbocycles. The van der Waals surface area contributed by atoms with Gasteiger partial charge in [-0.3, -0.25) is 0 Å². The first-order valence-corrected chi connectivity index (χ1v) is 6.05. The van der Waals surface area contributed by atoms with Gasteiger partial charge in [0.25, 0.3) is 0 Å². The lowest BCUT2D eigenvalue weighted by molar-refractivity contribution is -0.142. The molecule has 0 aliphatic heterocycles. The van der Waals surface area contributed by atoms with Crippen molar-refractivity contribution >= 4 is 23.3 Å². The molecular formula is C13H18ClNO3. The number of anilines is 1. The fourth-order valence-electron chi connectivity index (χ4n) is 1.56. The molecule has 5 heteroatoms. The van der Waals surface area contributed by atoms with Crippen molar-refractivity contribution in [2.24, 2.45) is 5.92 Å². The second kappa shape index (κ2) is 6.50. The Morgan fingerprint density at radius 3 is 2.44 bits per heavy atom. The van der Waals surface area contributed by atoms with E-state index in [2.05, 4.69) is 5.32 Å². The summed E-state index contributed by atoms with van der Waals surface area (Å²) >= 11 is 6.02. The van der Waals surface area contributed by atoms with Crippen LogP contribution >= 0.6 is 11.6 Å². The van der Waals surface area contributed by atoms with Gasteiger partial charge in [0.15, 0.2) is 0 Å². The molecule has 0 radical (unpaired) electrons. The average Bonchev–Trinajstić information content (AvgIpc) is 2.35. The van der Waals surface area contributed by atoms with Gasteiger partial charge in [0.1, 0.15) is 11.8 Å². The van der Waals surface area contributed by atoms with Crippen LogP contribution in [0.2, 0.25) is 5.02 Å². The highest BCUT2D eigenvalue weighted by atomic mass is 35.5.